The van der Waals surface area contributed by atoms with Crippen molar-refractivity contribution in [2.45, 2.75) is 37.8 Å². The average molecular weight is 135 g/mol. The maximum Gasteiger partial charge on any atom is 0.0603 e. The van der Waals surface area contributed by atoms with Gasteiger partial charge in [0.1, 0.15) is 0 Å². The first kappa shape index (κ1) is 6.24. The molecule has 0 bridgehead atoms. The minimum absolute atomic E-state index is 0.864. The maximum atomic E-state index is 5.27. The Morgan fingerprint density at radius 1 is 1.20 bits per heavy atom. The van der Waals surface area contributed by atoms with Crippen LogP contribution >= 0.6 is 0 Å². The van der Waals surface area contributed by atoms with Crippen LogP contribution in [0, 0.1) is 12.3 Å². The van der Waals surface area contributed by atoms with Crippen molar-refractivity contribution in [2.75, 3.05) is 6.54 Å². The van der Waals surface area contributed by atoms with Gasteiger partial charge in [-0.1, -0.05) is 5.92 Å². The molecule has 2 saturated carbocycles. The molecule has 0 aromatic rings. The molecule has 0 aromatic heterocycles. The Morgan fingerprint density at radius 3 is 2.00 bits per heavy atom. The monoisotopic (exact) mass is 135 g/mol. The fraction of sp³-hybridized carbons (Fsp3) is 0.778. The van der Waals surface area contributed by atoms with E-state index in [1.54, 1.807) is 0 Å². The van der Waals surface area contributed by atoms with Crippen molar-refractivity contribution in [1.82, 2.24) is 4.90 Å². The lowest BCUT2D eigenvalue weighted by molar-refractivity contribution is 0.286. The third kappa shape index (κ3) is 1.17. The summed E-state index contributed by atoms with van der Waals surface area (Å²) in [4.78, 5) is 2.50. The Kier molecular flexibility index (Phi) is 1.43. The van der Waals surface area contributed by atoms with Gasteiger partial charge in [-0.3, -0.25) is 4.90 Å². The van der Waals surface area contributed by atoms with Gasteiger partial charge in [0.15, 0.2) is 0 Å². The van der Waals surface area contributed by atoms with Crippen LogP contribution in [0.3, 0.4) is 0 Å². The van der Waals surface area contributed by atoms with E-state index in [1.807, 2.05) is 0 Å². The minimum atomic E-state index is 0.864. The number of nitrogens with zero attached hydrogens (tertiary/aromatic N) is 1. The van der Waals surface area contributed by atoms with E-state index in [1.165, 1.54) is 25.7 Å². The summed E-state index contributed by atoms with van der Waals surface area (Å²) in [5.74, 6) is 2.74. The summed E-state index contributed by atoms with van der Waals surface area (Å²) in [6.07, 6.45) is 10.8. The van der Waals surface area contributed by atoms with Crippen LogP contribution in [-0.2, 0) is 0 Å². The highest BCUT2D eigenvalue weighted by molar-refractivity contribution is 5.00. The Bertz CT molecular complexity index is 148. The second kappa shape index (κ2) is 2.29. The summed E-state index contributed by atoms with van der Waals surface area (Å²) < 4.78 is 0. The van der Waals surface area contributed by atoms with Crippen LogP contribution in [0.5, 0.6) is 0 Å². The van der Waals surface area contributed by atoms with Gasteiger partial charge in [-0.15, -0.1) is 6.42 Å². The molecule has 0 unspecified atom stereocenters. The molecular formula is C9H13N. The molecule has 0 saturated heterocycles. The zero-order valence-electron chi connectivity index (χ0n) is 6.21. The van der Waals surface area contributed by atoms with Gasteiger partial charge in [0, 0.05) is 12.1 Å². The van der Waals surface area contributed by atoms with E-state index in [4.69, 9.17) is 6.42 Å². The Morgan fingerprint density at radius 2 is 1.70 bits per heavy atom. The number of terminal acetylenes is 1. The molecule has 0 aromatic carbocycles. The zero-order valence-corrected chi connectivity index (χ0v) is 6.21. The van der Waals surface area contributed by atoms with Crippen molar-refractivity contribution >= 4 is 0 Å². The van der Waals surface area contributed by atoms with Crippen LogP contribution in [0.1, 0.15) is 25.7 Å². The number of hydrogen-bond acceptors (Lipinski definition) is 1. The molecule has 2 aliphatic carbocycles. The van der Waals surface area contributed by atoms with Crippen LogP contribution < -0.4 is 0 Å². The van der Waals surface area contributed by atoms with Crippen LogP contribution in [0.25, 0.3) is 0 Å². The average Bonchev–Trinajstić information content (AvgIpc) is 2.77. The van der Waals surface area contributed by atoms with Gasteiger partial charge in [0.25, 0.3) is 0 Å². The summed E-state index contributed by atoms with van der Waals surface area (Å²) in [7, 11) is 0. The first-order valence-electron chi connectivity index (χ1n) is 4.11. The van der Waals surface area contributed by atoms with E-state index >= 15 is 0 Å². The smallest absolute Gasteiger partial charge is 0.0603 e. The second-order valence-corrected chi connectivity index (χ2v) is 3.34. The molecule has 0 heterocycles. The van der Waals surface area contributed by atoms with Gasteiger partial charge in [-0.05, 0) is 25.7 Å². The summed E-state index contributed by atoms with van der Waals surface area (Å²) >= 11 is 0. The van der Waals surface area contributed by atoms with Crippen LogP contribution in [-0.4, -0.2) is 23.5 Å². The SMILES string of the molecule is C#CCN(C1CC1)C1CC1. The standard InChI is InChI=1S/C9H13N/c1-2-7-10(8-3-4-8)9-5-6-9/h1,8-9H,3-7H2. The molecule has 0 atom stereocenters. The van der Waals surface area contributed by atoms with Crippen molar-refractivity contribution in [2.24, 2.45) is 0 Å². The van der Waals surface area contributed by atoms with Gasteiger partial charge in [-0.2, -0.15) is 0 Å². The minimum Gasteiger partial charge on any atom is -0.286 e. The first-order chi connectivity index (χ1) is 4.92. The third-order valence-corrected chi connectivity index (χ3v) is 2.31. The van der Waals surface area contributed by atoms with Gasteiger partial charge in [0.05, 0.1) is 6.54 Å². The second-order valence-electron chi connectivity index (χ2n) is 3.34. The fourth-order valence-electron chi connectivity index (χ4n) is 1.47. The topological polar surface area (TPSA) is 3.24 Å². The summed E-state index contributed by atoms with van der Waals surface area (Å²) in [6, 6.07) is 1.73. The van der Waals surface area contributed by atoms with E-state index in [0.717, 1.165) is 18.6 Å². The van der Waals surface area contributed by atoms with Crippen molar-refractivity contribution in [1.29, 1.82) is 0 Å². The van der Waals surface area contributed by atoms with Crippen molar-refractivity contribution < 1.29 is 0 Å². The van der Waals surface area contributed by atoms with Crippen LogP contribution in [0.2, 0.25) is 0 Å². The van der Waals surface area contributed by atoms with E-state index in [0.29, 0.717) is 0 Å². The molecule has 0 radical (unpaired) electrons. The van der Waals surface area contributed by atoms with Gasteiger partial charge >= 0.3 is 0 Å². The largest absolute Gasteiger partial charge is 0.286 e. The highest BCUT2D eigenvalue weighted by Gasteiger charge is 2.38. The lowest BCUT2D eigenvalue weighted by Gasteiger charge is -2.17. The Hall–Kier alpha value is -0.480. The van der Waals surface area contributed by atoms with E-state index in [-0.39, 0.29) is 0 Å². The van der Waals surface area contributed by atoms with Crippen LogP contribution in [0.4, 0.5) is 0 Å². The van der Waals surface area contributed by atoms with Crippen molar-refractivity contribution in [3.05, 3.63) is 0 Å². The van der Waals surface area contributed by atoms with E-state index in [2.05, 4.69) is 10.8 Å². The normalized spacial score (nSPS) is 24.8. The Balaban J connectivity index is 1.87. The number of rotatable bonds is 3. The molecule has 54 valence electrons. The van der Waals surface area contributed by atoms with E-state index < -0.39 is 0 Å². The van der Waals surface area contributed by atoms with Gasteiger partial charge < -0.3 is 0 Å². The van der Waals surface area contributed by atoms with Crippen molar-refractivity contribution in [3.63, 3.8) is 0 Å². The quantitative estimate of drug-likeness (QED) is 0.526. The van der Waals surface area contributed by atoms with E-state index in [9.17, 15) is 0 Å². The lowest BCUT2D eigenvalue weighted by atomic mass is 10.4. The first-order valence-corrected chi connectivity index (χ1v) is 4.11. The molecule has 2 aliphatic rings. The molecule has 1 heteroatoms. The lowest BCUT2D eigenvalue weighted by Crippen LogP contribution is -2.28. The van der Waals surface area contributed by atoms with Crippen molar-refractivity contribution in [3.8, 4) is 12.3 Å². The molecule has 1 nitrogen and oxygen atoms in total. The molecular weight excluding hydrogens is 122 g/mol. The molecule has 0 amide bonds. The predicted octanol–water partition coefficient (Wildman–Crippen LogP) is 1.25. The molecule has 2 fully saturated rings. The summed E-state index contributed by atoms with van der Waals surface area (Å²) in [6.45, 7) is 0.884. The highest BCUT2D eigenvalue weighted by atomic mass is 15.2. The maximum absolute atomic E-state index is 5.27. The fourth-order valence-corrected chi connectivity index (χ4v) is 1.47. The molecule has 10 heavy (non-hydrogen) atoms. The summed E-state index contributed by atoms with van der Waals surface area (Å²) in [5, 5.41) is 0. The molecule has 2 rings (SSSR count). The highest BCUT2D eigenvalue weighted by Crippen LogP contribution is 2.36. The molecule has 0 spiro atoms. The third-order valence-electron chi connectivity index (χ3n) is 2.31. The van der Waals surface area contributed by atoms with Crippen LogP contribution in [0.15, 0.2) is 0 Å². The molecule has 0 N–H and O–H groups in total. The molecule has 0 aliphatic heterocycles. The summed E-state index contributed by atoms with van der Waals surface area (Å²) in [5.41, 5.74) is 0. The number of hydrogen-bond donors (Lipinski definition) is 0. The van der Waals surface area contributed by atoms with Gasteiger partial charge in [0.2, 0.25) is 0 Å². The predicted molar refractivity (Wildman–Crippen MR) is 41.6 cm³/mol. The Labute approximate surface area is 62.4 Å². The zero-order chi connectivity index (χ0) is 6.97. The van der Waals surface area contributed by atoms with Gasteiger partial charge in [-0.25, -0.2) is 0 Å².